The van der Waals surface area contributed by atoms with E-state index in [1.54, 1.807) is 9.80 Å². The van der Waals surface area contributed by atoms with E-state index in [4.69, 9.17) is 9.47 Å². The minimum atomic E-state index is -0.0225. The Bertz CT molecular complexity index is 979. The van der Waals surface area contributed by atoms with Crippen molar-refractivity contribution in [2.45, 2.75) is 0 Å². The molecule has 3 aliphatic rings. The number of nitrogens with zero attached hydrogens (tertiary/aromatic N) is 2. The van der Waals surface area contributed by atoms with Gasteiger partial charge < -0.3 is 19.3 Å². The van der Waals surface area contributed by atoms with Gasteiger partial charge in [-0.2, -0.15) is 0 Å². The van der Waals surface area contributed by atoms with E-state index in [9.17, 15) is 9.59 Å². The van der Waals surface area contributed by atoms with E-state index < -0.39 is 0 Å². The highest BCUT2D eigenvalue weighted by molar-refractivity contribution is 6.00. The molecule has 0 N–H and O–H groups in total. The zero-order valence-electron chi connectivity index (χ0n) is 16.5. The van der Waals surface area contributed by atoms with E-state index in [-0.39, 0.29) is 25.0 Å². The Morgan fingerprint density at radius 3 is 1.47 bits per heavy atom. The smallest absolute Gasteiger partial charge is 0.253 e. The van der Waals surface area contributed by atoms with E-state index in [0.29, 0.717) is 37.3 Å². The number of para-hydroxylation sites is 2. The Morgan fingerprint density at radius 1 is 0.633 bits per heavy atom. The van der Waals surface area contributed by atoms with Gasteiger partial charge in [-0.3, -0.25) is 9.59 Å². The van der Waals surface area contributed by atoms with Crippen molar-refractivity contribution in [3.05, 3.63) is 70.8 Å². The maximum atomic E-state index is 12.9. The number of carbonyl (C=O) groups excluding carboxylic acids is 2. The van der Waals surface area contributed by atoms with E-state index in [0.717, 1.165) is 22.6 Å². The van der Waals surface area contributed by atoms with E-state index in [1.807, 2.05) is 60.7 Å². The average molecular weight is 402 g/mol. The van der Waals surface area contributed by atoms with Gasteiger partial charge in [0.25, 0.3) is 11.8 Å². The standard InChI is InChI=1S/C24H22N2O4/c27-23(19-13-17-5-1-3-7-21(17)29-15-19)25-9-11-26(12-10-25)24(28)20-14-18-6-2-4-8-22(18)30-16-20/h1-8,13-14H,9-12,15-16H2. The van der Waals surface area contributed by atoms with Crippen molar-refractivity contribution in [3.63, 3.8) is 0 Å². The summed E-state index contributed by atoms with van der Waals surface area (Å²) in [6.07, 6.45) is 3.81. The van der Waals surface area contributed by atoms with E-state index >= 15 is 0 Å². The van der Waals surface area contributed by atoms with Gasteiger partial charge in [-0.1, -0.05) is 36.4 Å². The molecule has 1 fully saturated rings. The third kappa shape index (κ3) is 3.45. The minimum absolute atomic E-state index is 0.0225. The second-order valence-electron chi connectivity index (χ2n) is 7.58. The molecule has 0 unspecified atom stereocenters. The van der Waals surface area contributed by atoms with Gasteiger partial charge in [-0.15, -0.1) is 0 Å². The Labute approximate surface area is 175 Å². The molecule has 0 radical (unpaired) electrons. The fourth-order valence-corrected chi connectivity index (χ4v) is 4.00. The molecule has 6 heteroatoms. The fourth-order valence-electron chi connectivity index (χ4n) is 4.00. The quantitative estimate of drug-likeness (QED) is 0.775. The van der Waals surface area contributed by atoms with Crippen LogP contribution in [0.3, 0.4) is 0 Å². The molecule has 0 saturated carbocycles. The van der Waals surface area contributed by atoms with Gasteiger partial charge >= 0.3 is 0 Å². The molecule has 0 aromatic heterocycles. The van der Waals surface area contributed by atoms with Crippen LogP contribution in [0.1, 0.15) is 11.1 Å². The Morgan fingerprint density at radius 2 is 1.03 bits per heavy atom. The van der Waals surface area contributed by atoms with Crippen LogP contribution in [0.15, 0.2) is 59.7 Å². The SMILES string of the molecule is O=C(C1=Cc2ccccc2OC1)N1CCN(C(=O)C2=Cc3ccccc3OC2)CC1. The lowest BCUT2D eigenvalue weighted by molar-refractivity contribution is -0.135. The van der Waals surface area contributed by atoms with Crippen LogP contribution in [0.4, 0.5) is 0 Å². The fraction of sp³-hybridized carbons (Fsp3) is 0.250. The predicted molar refractivity (Wildman–Crippen MR) is 113 cm³/mol. The van der Waals surface area contributed by atoms with Gasteiger partial charge in [0, 0.05) is 37.3 Å². The third-order valence-electron chi connectivity index (χ3n) is 5.67. The zero-order valence-corrected chi connectivity index (χ0v) is 16.5. The lowest BCUT2D eigenvalue weighted by Gasteiger charge is -2.36. The van der Waals surface area contributed by atoms with Gasteiger partial charge in [0.1, 0.15) is 24.7 Å². The maximum Gasteiger partial charge on any atom is 0.253 e. The molecule has 152 valence electrons. The first-order valence-electron chi connectivity index (χ1n) is 10.1. The summed E-state index contributed by atoms with van der Waals surface area (Å²) in [7, 11) is 0. The van der Waals surface area contributed by atoms with Crippen molar-refractivity contribution in [3.8, 4) is 11.5 Å². The summed E-state index contributed by atoms with van der Waals surface area (Å²) in [6, 6.07) is 15.4. The number of benzene rings is 2. The molecule has 5 rings (SSSR count). The van der Waals surface area contributed by atoms with Crippen LogP contribution < -0.4 is 9.47 Å². The van der Waals surface area contributed by atoms with Crippen LogP contribution in [0.2, 0.25) is 0 Å². The highest BCUT2D eigenvalue weighted by atomic mass is 16.5. The van der Waals surface area contributed by atoms with Crippen LogP contribution in [0.25, 0.3) is 12.2 Å². The van der Waals surface area contributed by atoms with Gasteiger partial charge in [-0.05, 0) is 24.3 Å². The molecular formula is C24H22N2O4. The number of hydrogen-bond donors (Lipinski definition) is 0. The summed E-state index contributed by atoms with van der Waals surface area (Å²) >= 11 is 0. The molecule has 0 atom stereocenters. The summed E-state index contributed by atoms with van der Waals surface area (Å²) < 4.78 is 11.4. The largest absolute Gasteiger partial charge is 0.488 e. The summed E-state index contributed by atoms with van der Waals surface area (Å²) in [5, 5.41) is 0. The Kier molecular flexibility index (Phi) is 4.75. The molecule has 3 aliphatic heterocycles. The highest BCUT2D eigenvalue weighted by Gasteiger charge is 2.29. The van der Waals surface area contributed by atoms with Crippen LogP contribution in [-0.4, -0.2) is 61.0 Å². The van der Waals surface area contributed by atoms with Gasteiger partial charge in [0.2, 0.25) is 0 Å². The first-order valence-corrected chi connectivity index (χ1v) is 10.1. The van der Waals surface area contributed by atoms with Gasteiger partial charge in [0.05, 0.1) is 11.1 Å². The van der Waals surface area contributed by atoms with Crippen LogP contribution in [0.5, 0.6) is 11.5 Å². The first-order chi connectivity index (χ1) is 14.7. The minimum Gasteiger partial charge on any atom is -0.488 e. The zero-order chi connectivity index (χ0) is 20.5. The molecular weight excluding hydrogens is 380 g/mol. The van der Waals surface area contributed by atoms with Crippen molar-refractivity contribution in [2.24, 2.45) is 0 Å². The molecule has 6 nitrogen and oxygen atoms in total. The third-order valence-corrected chi connectivity index (χ3v) is 5.67. The second kappa shape index (κ2) is 7.71. The molecule has 2 aromatic rings. The van der Waals surface area contributed by atoms with E-state index in [2.05, 4.69) is 0 Å². The monoisotopic (exact) mass is 402 g/mol. The molecule has 0 spiro atoms. The van der Waals surface area contributed by atoms with Gasteiger partial charge in [-0.25, -0.2) is 0 Å². The maximum absolute atomic E-state index is 12.9. The summed E-state index contributed by atoms with van der Waals surface area (Å²) in [6.45, 7) is 2.59. The molecule has 3 heterocycles. The number of ether oxygens (including phenoxy) is 2. The summed E-state index contributed by atoms with van der Waals surface area (Å²) in [5.41, 5.74) is 3.14. The topological polar surface area (TPSA) is 59.1 Å². The lowest BCUT2D eigenvalue weighted by Crippen LogP contribution is -2.51. The number of amides is 2. The molecule has 0 bridgehead atoms. The van der Waals surface area contributed by atoms with Crippen LogP contribution >= 0.6 is 0 Å². The lowest BCUT2D eigenvalue weighted by atomic mass is 10.1. The second-order valence-corrected chi connectivity index (χ2v) is 7.58. The summed E-state index contributed by atoms with van der Waals surface area (Å²) in [5.74, 6) is 1.56. The number of hydrogen-bond acceptors (Lipinski definition) is 4. The Balaban J connectivity index is 1.23. The first kappa shape index (κ1) is 18.5. The van der Waals surface area contributed by atoms with E-state index in [1.165, 1.54) is 0 Å². The van der Waals surface area contributed by atoms with Crippen molar-refractivity contribution >= 4 is 24.0 Å². The van der Waals surface area contributed by atoms with Crippen molar-refractivity contribution < 1.29 is 19.1 Å². The molecule has 30 heavy (non-hydrogen) atoms. The molecule has 2 amide bonds. The van der Waals surface area contributed by atoms with Crippen molar-refractivity contribution in [1.29, 1.82) is 0 Å². The van der Waals surface area contributed by atoms with Crippen molar-refractivity contribution in [1.82, 2.24) is 9.80 Å². The van der Waals surface area contributed by atoms with Crippen LogP contribution in [0, 0.1) is 0 Å². The summed E-state index contributed by atoms with van der Waals surface area (Å²) in [4.78, 5) is 29.4. The highest BCUT2D eigenvalue weighted by Crippen LogP contribution is 2.28. The number of piperazine rings is 1. The predicted octanol–water partition coefficient (Wildman–Crippen LogP) is 2.61. The normalized spacial score (nSPS) is 17.6. The number of rotatable bonds is 2. The molecule has 0 aliphatic carbocycles. The van der Waals surface area contributed by atoms with Crippen molar-refractivity contribution in [2.75, 3.05) is 39.4 Å². The Hall–Kier alpha value is -3.54. The average Bonchev–Trinajstić information content (AvgIpc) is 2.82. The molecule has 2 aromatic carbocycles. The van der Waals surface area contributed by atoms with Gasteiger partial charge in [0.15, 0.2) is 0 Å². The molecule has 1 saturated heterocycles. The number of carbonyl (C=O) groups is 2. The van der Waals surface area contributed by atoms with Crippen LogP contribution in [-0.2, 0) is 9.59 Å². The number of fused-ring (bicyclic) bond motifs is 2.